The zero-order valence-corrected chi connectivity index (χ0v) is 17.0. The van der Waals surface area contributed by atoms with Gasteiger partial charge < -0.3 is 15.0 Å². The first-order chi connectivity index (χ1) is 15.1. The van der Waals surface area contributed by atoms with E-state index < -0.39 is 0 Å². The molecular weight excluding hydrogens is 390 g/mol. The van der Waals surface area contributed by atoms with Gasteiger partial charge in [0.1, 0.15) is 11.9 Å². The van der Waals surface area contributed by atoms with E-state index in [0.717, 1.165) is 22.2 Å². The molecule has 0 radical (unpaired) electrons. The summed E-state index contributed by atoms with van der Waals surface area (Å²) in [6, 6.07) is 22.2. The topological polar surface area (TPSA) is 84.1 Å². The van der Waals surface area contributed by atoms with Gasteiger partial charge in [-0.15, -0.1) is 0 Å². The molecule has 4 aromatic rings. The Morgan fingerprint density at radius 1 is 1.10 bits per heavy atom. The van der Waals surface area contributed by atoms with Crippen LogP contribution in [0.3, 0.4) is 0 Å². The number of rotatable bonds is 4. The van der Waals surface area contributed by atoms with E-state index in [0.29, 0.717) is 23.4 Å². The highest BCUT2D eigenvalue weighted by Gasteiger charge is 2.28. The number of hydrogen-bond donors (Lipinski definition) is 2. The monoisotopic (exact) mass is 411 g/mol. The highest BCUT2D eigenvalue weighted by Crippen LogP contribution is 2.31. The van der Waals surface area contributed by atoms with Crippen molar-refractivity contribution >= 4 is 22.9 Å². The average molecular weight is 411 g/mol. The van der Waals surface area contributed by atoms with Crippen LogP contribution in [0, 0.1) is 0 Å². The molecule has 6 nitrogen and oxygen atoms in total. The molecule has 2 heterocycles. The number of aromatic amines is 1. The summed E-state index contributed by atoms with van der Waals surface area (Å²) >= 11 is 0. The second-order valence-electron chi connectivity index (χ2n) is 7.72. The number of benzene rings is 3. The average Bonchev–Trinajstić information content (AvgIpc) is 3.24. The normalized spacial score (nSPS) is 16.4. The van der Waals surface area contributed by atoms with Gasteiger partial charge in [0.2, 0.25) is 0 Å². The van der Waals surface area contributed by atoms with Gasteiger partial charge in [-0.05, 0) is 48.4 Å². The van der Waals surface area contributed by atoms with E-state index in [2.05, 4.69) is 15.3 Å². The van der Waals surface area contributed by atoms with Crippen molar-refractivity contribution in [2.24, 2.45) is 0 Å². The fraction of sp³-hybridized carbons (Fsp3) is 0.160. The van der Waals surface area contributed by atoms with E-state index in [1.54, 1.807) is 18.2 Å². The Hall–Kier alpha value is -3.93. The lowest BCUT2D eigenvalue weighted by molar-refractivity contribution is 0.0252. The maximum atomic E-state index is 12.9. The number of amides is 1. The number of ether oxygens (including phenoxy) is 1. The molecule has 0 bridgehead atoms. The highest BCUT2D eigenvalue weighted by atomic mass is 16.5. The second-order valence-corrected chi connectivity index (χ2v) is 7.72. The molecule has 1 aliphatic heterocycles. The predicted octanol–water partition coefficient (Wildman–Crippen LogP) is 4.51. The summed E-state index contributed by atoms with van der Waals surface area (Å²) in [6.45, 7) is 1.89. The Bertz CT molecular complexity index is 1250. The van der Waals surface area contributed by atoms with Crippen LogP contribution in [0.1, 0.15) is 56.7 Å². The zero-order chi connectivity index (χ0) is 21.4. The summed E-state index contributed by atoms with van der Waals surface area (Å²) in [5.41, 5.74) is 4.55. The molecule has 0 aliphatic carbocycles. The molecule has 31 heavy (non-hydrogen) atoms. The molecule has 2 atom stereocenters. The fourth-order valence-electron chi connectivity index (χ4n) is 3.92. The summed E-state index contributed by atoms with van der Waals surface area (Å²) in [7, 11) is 0. The van der Waals surface area contributed by atoms with E-state index in [9.17, 15) is 9.59 Å². The van der Waals surface area contributed by atoms with Gasteiger partial charge in [0.25, 0.3) is 5.91 Å². The smallest absolute Gasteiger partial charge is 0.339 e. The number of carbonyl (C=O) groups excluding carboxylic acids is 2. The van der Waals surface area contributed by atoms with Crippen molar-refractivity contribution in [3.63, 3.8) is 0 Å². The number of aromatic nitrogens is 2. The third-order valence-corrected chi connectivity index (χ3v) is 5.58. The van der Waals surface area contributed by atoms with Crippen molar-refractivity contribution in [2.45, 2.75) is 25.5 Å². The van der Waals surface area contributed by atoms with Crippen LogP contribution in [0.25, 0.3) is 11.0 Å². The van der Waals surface area contributed by atoms with Gasteiger partial charge in [0.15, 0.2) is 0 Å². The highest BCUT2D eigenvalue weighted by molar-refractivity contribution is 5.98. The van der Waals surface area contributed by atoms with Crippen molar-refractivity contribution in [1.29, 1.82) is 0 Å². The van der Waals surface area contributed by atoms with Crippen LogP contribution < -0.4 is 5.32 Å². The first-order valence-corrected chi connectivity index (χ1v) is 10.2. The summed E-state index contributed by atoms with van der Waals surface area (Å²) in [5.74, 6) is 0.115. The Morgan fingerprint density at radius 2 is 1.87 bits per heavy atom. The van der Waals surface area contributed by atoms with E-state index >= 15 is 0 Å². The van der Waals surface area contributed by atoms with Gasteiger partial charge in [-0.3, -0.25) is 4.79 Å². The van der Waals surface area contributed by atoms with Crippen molar-refractivity contribution in [3.8, 4) is 0 Å². The third kappa shape index (κ3) is 3.68. The van der Waals surface area contributed by atoms with Crippen LogP contribution in [0.5, 0.6) is 0 Å². The Balaban J connectivity index is 1.36. The van der Waals surface area contributed by atoms with Crippen LogP contribution in [0.15, 0.2) is 72.8 Å². The fourth-order valence-corrected chi connectivity index (χ4v) is 3.92. The summed E-state index contributed by atoms with van der Waals surface area (Å²) in [4.78, 5) is 33.2. The van der Waals surface area contributed by atoms with Crippen LogP contribution >= 0.6 is 0 Å². The van der Waals surface area contributed by atoms with Crippen molar-refractivity contribution < 1.29 is 14.3 Å². The molecule has 2 N–H and O–H groups in total. The van der Waals surface area contributed by atoms with Gasteiger partial charge in [-0.25, -0.2) is 9.78 Å². The van der Waals surface area contributed by atoms with Gasteiger partial charge >= 0.3 is 5.97 Å². The molecular formula is C25H21N3O3. The van der Waals surface area contributed by atoms with Gasteiger partial charge in [0, 0.05) is 12.0 Å². The standard InChI is InChI=1S/C25H21N3O3/c1-15(23-27-20-9-5-6-10-21(20)28-23)26-24(29)17-11-12-19-18(13-17)14-22(31-25(19)30)16-7-3-2-4-8-16/h2-13,15,22H,14H2,1H3,(H,26,29)(H,27,28)/t15-,22?/m0/s1. The molecule has 0 spiro atoms. The number of fused-ring (bicyclic) bond motifs is 2. The minimum absolute atomic E-state index is 0.217. The minimum atomic E-state index is -0.363. The lowest BCUT2D eigenvalue weighted by atomic mass is 9.93. The molecule has 154 valence electrons. The molecule has 0 saturated carbocycles. The predicted molar refractivity (Wildman–Crippen MR) is 117 cm³/mol. The molecule has 1 aromatic heterocycles. The molecule has 1 aliphatic rings. The number of nitrogens with one attached hydrogen (secondary N) is 2. The van der Waals surface area contributed by atoms with Crippen LogP contribution in [0.4, 0.5) is 0 Å². The molecule has 1 unspecified atom stereocenters. The lowest BCUT2D eigenvalue weighted by Gasteiger charge is -2.25. The SMILES string of the molecule is C[C@H](NC(=O)c1ccc2c(c1)CC(c1ccccc1)OC2=O)c1nc2ccccc2[nH]1. The zero-order valence-electron chi connectivity index (χ0n) is 17.0. The quantitative estimate of drug-likeness (QED) is 0.484. The maximum Gasteiger partial charge on any atom is 0.339 e. The molecule has 3 aromatic carbocycles. The van der Waals surface area contributed by atoms with Gasteiger partial charge in [-0.1, -0.05) is 42.5 Å². The number of cyclic esters (lactones) is 1. The number of esters is 1. The molecule has 0 saturated heterocycles. The number of imidazole rings is 1. The Kier molecular flexibility index (Phi) is 4.75. The molecule has 1 amide bonds. The van der Waals surface area contributed by atoms with E-state index in [4.69, 9.17) is 4.74 Å². The largest absolute Gasteiger partial charge is 0.454 e. The first-order valence-electron chi connectivity index (χ1n) is 10.2. The lowest BCUT2D eigenvalue weighted by Crippen LogP contribution is -2.28. The maximum absolute atomic E-state index is 12.9. The summed E-state index contributed by atoms with van der Waals surface area (Å²) < 4.78 is 5.60. The van der Waals surface area contributed by atoms with Gasteiger partial charge in [-0.2, -0.15) is 0 Å². The number of nitrogens with zero attached hydrogens (tertiary/aromatic N) is 1. The Morgan fingerprint density at radius 3 is 2.68 bits per heavy atom. The number of para-hydroxylation sites is 2. The summed E-state index contributed by atoms with van der Waals surface area (Å²) in [6.07, 6.45) is 0.180. The van der Waals surface area contributed by atoms with Crippen molar-refractivity contribution in [2.75, 3.05) is 0 Å². The summed E-state index contributed by atoms with van der Waals surface area (Å²) in [5, 5.41) is 2.99. The molecule has 6 heteroatoms. The van der Waals surface area contributed by atoms with Crippen LogP contribution in [-0.2, 0) is 11.2 Å². The van der Waals surface area contributed by atoms with E-state index in [1.165, 1.54) is 0 Å². The molecule has 0 fully saturated rings. The second kappa shape index (κ2) is 7.72. The van der Waals surface area contributed by atoms with Crippen LogP contribution in [-0.4, -0.2) is 21.8 Å². The first kappa shape index (κ1) is 19.1. The number of carbonyl (C=O) groups is 2. The molecule has 5 rings (SSSR count). The minimum Gasteiger partial charge on any atom is -0.454 e. The van der Waals surface area contributed by atoms with E-state index in [1.807, 2.05) is 61.5 Å². The van der Waals surface area contributed by atoms with Crippen molar-refractivity contribution in [1.82, 2.24) is 15.3 Å². The Labute approximate surface area is 179 Å². The number of hydrogen-bond acceptors (Lipinski definition) is 4. The van der Waals surface area contributed by atoms with Crippen LogP contribution in [0.2, 0.25) is 0 Å². The van der Waals surface area contributed by atoms with Gasteiger partial charge in [0.05, 0.1) is 22.6 Å². The number of H-pyrrole nitrogens is 1. The third-order valence-electron chi connectivity index (χ3n) is 5.58. The van der Waals surface area contributed by atoms with Crippen molar-refractivity contribution in [3.05, 3.63) is 101 Å². The van der Waals surface area contributed by atoms with E-state index in [-0.39, 0.29) is 24.0 Å².